The highest BCUT2D eigenvalue weighted by Gasteiger charge is 2.09. The van der Waals surface area contributed by atoms with Crippen molar-refractivity contribution in [3.8, 4) is 11.1 Å². The van der Waals surface area contributed by atoms with E-state index in [2.05, 4.69) is 62.0 Å². The number of ether oxygens (including phenoxy) is 2. The maximum atomic E-state index is 12.4. The molecule has 0 aliphatic rings. The lowest BCUT2D eigenvalue weighted by molar-refractivity contribution is -0.146. The molecule has 0 saturated carbocycles. The van der Waals surface area contributed by atoms with Crippen LogP contribution in [0.25, 0.3) is 11.1 Å². The summed E-state index contributed by atoms with van der Waals surface area (Å²) in [5.74, 6) is -0.287. The lowest BCUT2D eigenvalue weighted by atomic mass is 10.0. The van der Waals surface area contributed by atoms with E-state index in [-0.39, 0.29) is 25.2 Å². The molecule has 0 heterocycles. The fraction of sp³-hybridized carbons (Fsp3) is 0.682. The summed E-state index contributed by atoms with van der Waals surface area (Å²) in [5.41, 5.74) is 4.03. The quantitative estimate of drug-likeness (QED) is 0.0579. The van der Waals surface area contributed by atoms with Crippen LogP contribution in [0.4, 0.5) is 0 Å². The van der Waals surface area contributed by atoms with Crippen molar-refractivity contribution in [1.82, 2.24) is 9.80 Å². The molecule has 0 spiro atoms. The van der Waals surface area contributed by atoms with Crippen LogP contribution < -0.4 is 0 Å². The van der Waals surface area contributed by atoms with Crippen LogP contribution >= 0.6 is 0 Å². The summed E-state index contributed by atoms with van der Waals surface area (Å²) in [4.78, 5) is 29.6. The molecule has 0 amide bonds. The molecule has 0 fully saturated rings. The van der Waals surface area contributed by atoms with Crippen molar-refractivity contribution in [1.29, 1.82) is 0 Å². The van der Waals surface area contributed by atoms with Gasteiger partial charge in [-0.2, -0.15) is 0 Å². The average molecular weight is 693 g/mol. The van der Waals surface area contributed by atoms with E-state index in [0.717, 1.165) is 61.3 Å². The fourth-order valence-electron chi connectivity index (χ4n) is 6.39. The van der Waals surface area contributed by atoms with E-state index in [1.54, 1.807) is 0 Å². The number of hydrogen-bond donors (Lipinski definition) is 0. The van der Waals surface area contributed by atoms with Gasteiger partial charge in [-0.1, -0.05) is 140 Å². The molecule has 0 N–H and O–H groups in total. The van der Waals surface area contributed by atoms with Gasteiger partial charge in [0.25, 0.3) is 0 Å². The monoisotopic (exact) mass is 693 g/mol. The Kier molecular flexibility index (Phi) is 25.2. The van der Waals surface area contributed by atoms with Crippen molar-refractivity contribution < 1.29 is 19.1 Å². The molecule has 0 saturated heterocycles. The Morgan fingerprint density at radius 1 is 0.480 bits per heavy atom. The molecule has 0 radical (unpaired) electrons. The third-order valence-corrected chi connectivity index (χ3v) is 9.62. The molecular formula is C44H72N2O4. The van der Waals surface area contributed by atoms with E-state index in [0.29, 0.717) is 12.8 Å². The Morgan fingerprint density at radius 2 is 0.820 bits per heavy atom. The SMILES string of the molecule is CCCCCCCCCCN(C)CCCC(=O)OCc1cccc(-c2cccc(COC(=O)CCCN(C)CCCCCCCCCC)c2)c1. The maximum Gasteiger partial charge on any atom is 0.306 e. The van der Waals surface area contributed by atoms with E-state index in [1.165, 1.54) is 103 Å². The summed E-state index contributed by atoms with van der Waals surface area (Å²) >= 11 is 0. The molecule has 6 heteroatoms. The smallest absolute Gasteiger partial charge is 0.306 e. The first-order valence-electron chi connectivity index (χ1n) is 20.3. The Balaban J connectivity index is 1.61. The van der Waals surface area contributed by atoms with Crippen molar-refractivity contribution in [2.45, 2.75) is 155 Å². The van der Waals surface area contributed by atoms with E-state index < -0.39 is 0 Å². The van der Waals surface area contributed by atoms with Crippen molar-refractivity contribution in [2.75, 3.05) is 40.3 Å². The predicted octanol–water partition coefficient (Wildman–Crippen LogP) is 11.1. The van der Waals surface area contributed by atoms with Crippen molar-refractivity contribution in [3.05, 3.63) is 59.7 Å². The van der Waals surface area contributed by atoms with Crippen molar-refractivity contribution in [2.24, 2.45) is 0 Å². The van der Waals surface area contributed by atoms with Gasteiger partial charge in [0.2, 0.25) is 0 Å². The van der Waals surface area contributed by atoms with E-state index in [1.807, 2.05) is 24.3 Å². The van der Waals surface area contributed by atoms with Crippen LogP contribution in [0.2, 0.25) is 0 Å². The van der Waals surface area contributed by atoms with Crippen LogP contribution in [0.3, 0.4) is 0 Å². The molecule has 50 heavy (non-hydrogen) atoms. The molecule has 0 aromatic heterocycles. The molecule has 0 aliphatic carbocycles. The molecule has 2 aromatic carbocycles. The highest BCUT2D eigenvalue weighted by Crippen LogP contribution is 2.23. The predicted molar refractivity (Wildman–Crippen MR) is 210 cm³/mol. The van der Waals surface area contributed by atoms with Gasteiger partial charge in [-0.05, 0) is 100 Å². The second kappa shape index (κ2) is 28.9. The number of nitrogens with zero attached hydrogens (tertiary/aromatic N) is 2. The Morgan fingerprint density at radius 3 is 1.20 bits per heavy atom. The molecule has 282 valence electrons. The third kappa shape index (κ3) is 22.2. The van der Waals surface area contributed by atoms with Gasteiger partial charge in [-0.25, -0.2) is 0 Å². The first-order valence-corrected chi connectivity index (χ1v) is 20.3. The number of benzene rings is 2. The summed E-state index contributed by atoms with van der Waals surface area (Å²) in [6.45, 7) is 9.10. The van der Waals surface area contributed by atoms with Crippen molar-refractivity contribution in [3.63, 3.8) is 0 Å². The van der Waals surface area contributed by atoms with Gasteiger partial charge in [-0.3, -0.25) is 9.59 Å². The van der Waals surface area contributed by atoms with Crippen LogP contribution in [0.1, 0.15) is 153 Å². The Labute approximate surface area is 306 Å². The topological polar surface area (TPSA) is 59.1 Å². The van der Waals surface area contributed by atoms with Crippen LogP contribution in [-0.2, 0) is 32.3 Å². The number of unbranched alkanes of at least 4 members (excludes halogenated alkanes) is 14. The molecule has 0 unspecified atom stereocenters. The average Bonchev–Trinajstić information content (AvgIpc) is 3.12. The molecule has 0 aliphatic heterocycles. The van der Waals surface area contributed by atoms with Gasteiger partial charge in [0.15, 0.2) is 0 Å². The summed E-state index contributed by atoms with van der Waals surface area (Å²) in [7, 11) is 4.30. The number of rotatable bonds is 31. The fourth-order valence-corrected chi connectivity index (χ4v) is 6.39. The second-order valence-corrected chi connectivity index (χ2v) is 14.5. The number of carbonyl (C=O) groups is 2. The van der Waals surface area contributed by atoms with Crippen molar-refractivity contribution >= 4 is 11.9 Å². The minimum atomic E-state index is -0.144. The van der Waals surface area contributed by atoms with E-state index in [4.69, 9.17) is 9.47 Å². The van der Waals surface area contributed by atoms with Gasteiger partial charge in [0.05, 0.1) is 0 Å². The molecule has 2 aromatic rings. The zero-order valence-corrected chi connectivity index (χ0v) is 32.5. The first-order chi connectivity index (χ1) is 24.4. The third-order valence-electron chi connectivity index (χ3n) is 9.62. The molecule has 6 nitrogen and oxygen atoms in total. The number of carbonyl (C=O) groups excluding carboxylic acids is 2. The summed E-state index contributed by atoms with van der Waals surface area (Å²) < 4.78 is 11.2. The first kappa shape index (κ1) is 43.5. The largest absolute Gasteiger partial charge is 0.461 e. The van der Waals surface area contributed by atoms with Gasteiger partial charge in [-0.15, -0.1) is 0 Å². The van der Waals surface area contributed by atoms with E-state index in [9.17, 15) is 9.59 Å². The lowest BCUT2D eigenvalue weighted by Gasteiger charge is -2.16. The summed E-state index contributed by atoms with van der Waals surface area (Å²) in [5, 5.41) is 0. The molecule has 0 bridgehead atoms. The zero-order valence-electron chi connectivity index (χ0n) is 32.5. The maximum absolute atomic E-state index is 12.4. The van der Waals surface area contributed by atoms with Crippen LogP contribution in [0.15, 0.2) is 48.5 Å². The Bertz CT molecular complexity index is 1060. The van der Waals surface area contributed by atoms with Gasteiger partial charge in [0.1, 0.15) is 13.2 Å². The van der Waals surface area contributed by atoms with Crippen LogP contribution in [-0.4, -0.2) is 62.0 Å². The molecular weight excluding hydrogens is 620 g/mol. The van der Waals surface area contributed by atoms with Crippen LogP contribution in [0.5, 0.6) is 0 Å². The normalized spacial score (nSPS) is 11.4. The van der Waals surface area contributed by atoms with Gasteiger partial charge >= 0.3 is 11.9 Å². The standard InChI is InChI=1S/C44H72N2O4/c1-5-7-9-11-13-15-17-19-31-45(3)33-23-29-43(47)49-37-39-25-21-27-41(35-39)42-28-22-26-40(36-42)38-50-44(48)30-24-34-46(4)32-20-18-16-14-12-10-8-6-2/h21-22,25-28,35-36H,5-20,23-24,29-34,37-38H2,1-4H3. The highest BCUT2D eigenvalue weighted by molar-refractivity contribution is 5.70. The second-order valence-electron chi connectivity index (χ2n) is 14.5. The lowest BCUT2D eigenvalue weighted by Crippen LogP contribution is -2.21. The zero-order chi connectivity index (χ0) is 36.1. The molecule has 0 atom stereocenters. The van der Waals surface area contributed by atoms with Gasteiger partial charge in [0, 0.05) is 12.8 Å². The summed E-state index contributed by atoms with van der Waals surface area (Å²) in [6, 6.07) is 16.2. The van der Waals surface area contributed by atoms with Gasteiger partial charge < -0.3 is 19.3 Å². The molecule has 2 rings (SSSR count). The minimum absolute atomic E-state index is 0.144. The summed E-state index contributed by atoms with van der Waals surface area (Å²) in [6.07, 6.45) is 23.8. The van der Waals surface area contributed by atoms with E-state index >= 15 is 0 Å². The number of esters is 2. The minimum Gasteiger partial charge on any atom is -0.461 e. The Hall–Kier alpha value is -2.70. The number of hydrogen-bond acceptors (Lipinski definition) is 6. The highest BCUT2D eigenvalue weighted by atomic mass is 16.5. The van der Waals surface area contributed by atoms with Crippen LogP contribution in [0, 0.1) is 0 Å².